The maximum atomic E-state index is 3.72. The van der Waals surface area contributed by atoms with Crippen molar-refractivity contribution in [2.24, 2.45) is 0 Å². The average Bonchev–Trinajstić information content (AvgIpc) is 2.75. The summed E-state index contributed by atoms with van der Waals surface area (Å²) in [5.74, 6) is 0. The van der Waals surface area contributed by atoms with E-state index >= 15 is 0 Å². The third-order valence-corrected chi connectivity index (χ3v) is 12.9. The van der Waals surface area contributed by atoms with Crippen molar-refractivity contribution in [2.45, 2.75) is 89.9 Å². The normalized spacial score (nSPS) is 12.8. The minimum absolute atomic E-state index is 0.681. The van der Waals surface area contributed by atoms with E-state index in [2.05, 4.69) is 64.1 Å². The summed E-state index contributed by atoms with van der Waals surface area (Å²) in [7, 11) is -1.36. The smallest absolute Gasteiger partial charge is 0.0923 e. The second-order valence-corrected chi connectivity index (χ2v) is 20.4. The van der Waals surface area contributed by atoms with E-state index in [1.54, 1.807) is 12.3 Å². The van der Waals surface area contributed by atoms with Crippen molar-refractivity contribution in [3.63, 3.8) is 0 Å². The second kappa shape index (κ2) is 21.4. The van der Waals surface area contributed by atoms with Gasteiger partial charge in [-0.25, -0.2) is 0 Å². The molecule has 32 heavy (non-hydrogen) atoms. The lowest BCUT2D eigenvalue weighted by atomic mass is 10.1. The zero-order valence-electron chi connectivity index (χ0n) is 22.5. The fourth-order valence-electron chi connectivity index (χ4n) is 4.17. The van der Waals surface area contributed by atoms with Gasteiger partial charge < -0.3 is 0 Å². The monoisotopic (exact) mass is 480 g/mol. The molecule has 2 heteroatoms. The van der Waals surface area contributed by atoms with Gasteiger partial charge in [-0.05, 0) is 51.4 Å². The van der Waals surface area contributed by atoms with Gasteiger partial charge in [0.15, 0.2) is 0 Å². The number of unbranched alkanes of at least 4 members (excludes halogenated alkanes) is 12. The Hall–Kier alpha value is -0.180. The fraction of sp³-hybridized carbons (Fsp3) is 0.733. The lowest BCUT2D eigenvalue weighted by Gasteiger charge is -2.23. The quantitative estimate of drug-likeness (QED) is 0.0775. The van der Waals surface area contributed by atoms with Crippen molar-refractivity contribution in [3.05, 3.63) is 49.6 Å². The molecule has 0 nitrogen and oxygen atoms in total. The first-order chi connectivity index (χ1) is 15.3. The van der Waals surface area contributed by atoms with E-state index in [1.807, 2.05) is 12.2 Å². The molecule has 186 valence electrons. The van der Waals surface area contributed by atoms with Crippen molar-refractivity contribution in [1.29, 1.82) is 0 Å². The Labute approximate surface area is 205 Å². The van der Waals surface area contributed by atoms with Crippen LogP contribution in [0.25, 0.3) is 0 Å². The average molecular weight is 481 g/mol. The number of rotatable bonds is 23. The lowest BCUT2D eigenvalue weighted by molar-refractivity contribution is 0.612. The summed E-state index contributed by atoms with van der Waals surface area (Å²) in [6.07, 6.45) is 38.0. The minimum atomic E-state index is -0.681. The maximum absolute atomic E-state index is 3.72. The lowest BCUT2D eigenvalue weighted by Crippen LogP contribution is -2.10. The van der Waals surface area contributed by atoms with Crippen molar-refractivity contribution < 1.29 is 0 Å². The van der Waals surface area contributed by atoms with Crippen LogP contribution in [-0.4, -0.2) is 51.3 Å². The summed E-state index contributed by atoms with van der Waals surface area (Å²) in [4.78, 5) is 0. The molecule has 0 saturated heterocycles. The molecular weight excluding hydrogens is 422 g/mol. The van der Waals surface area contributed by atoms with Crippen LogP contribution >= 0.6 is 14.5 Å². The highest BCUT2D eigenvalue weighted by Crippen LogP contribution is 2.59. The molecule has 0 aliphatic carbocycles. The molecule has 0 aliphatic rings. The number of hydrogen-bond donors (Lipinski definition) is 0. The van der Waals surface area contributed by atoms with Gasteiger partial charge in [0.05, 0.1) is 24.6 Å². The molecule has 0 unspecified atom stereocenters. The first kappa shape index (κ1) is 31.8. The van der Waals surface area contributed by atoms with Gasteiger partial charge in [-0.2, -0.15) is 0 Å². The molecule has 0 aromatic heterocycles. The Morgan fingerprint density at radius 3 is 1.09 bits per heavy atom. The largest absolute Gasteiger partial charge is 0.0991 e. The predicted octanol–water partition coefficient (Wildman–Crippen LogP) is 10.5. The zero-order chi connectivity index (χ0) is 24.0. The van der Waals surface area contributed by atoms with E-state index < -0.39 is 14.5 Å². The van der Waals surface area contributed by atoms with Crippen LogP contribution in [0.5, 0.6) is 0 Å². The van der Waals surface area contributed by atoms with E-state index in [0.29, 0.717) is 0 Å². The van der Waals surface area contributed by atoms with Crippen LogP contribution in [0.1, 0.15) is 89.9 Å². The summed E-state index contributed by atoms with van der Waals surface area (Å²) in [6.45, 7) is 18.0. The predicted molar refractivity (Wildman–Crippen MR) is 160 cm³/mol. The Kier molecular flexibility index (Phi) is 21.2. The molecule has 0 aromatic rings. The topological polar surface area (TPSA) is 0 Å². The van der Waals surface area contributed by atoms with Crippen molar-refractivity contribution in [3.8, 4) is 0 Å². The molecule has 0 saturated carbocycles. The fourth-order valence-corrected chi connectivity index (χ4v) is 11.1. The van der Waals surface area contributed by atoms with E-state index in [9.17, 15) is 0 Å². The molecule has 0 fully saturated rings. The van der Waals surface area contributed by atoms with Crippen molar-refractivity contribution >= 4 is 14.5 Å². The standard InChI is InChI=1S/C30H58P2/c1-7-9-11-13-15-17-19-21-23-25-27-31(3,4)29-30-32(5,6)28-26-24-22-20-18-16-14-12-10-8-2/h7-12H,1-2,13-30H2,3-6H3/q+2/b11-9+,12-10+. The third kappa shape index (κ3) is 23.0. The van der Waals surface area contributed by atoms with Crippen LogP contribution in [0.3, 0.4) is 0 Å². The third-order valence-electron chi connectivity index (χ3n) is 6.62. The molecule has 0 aliphatic heterocycles. The summed E-state index contributed by atoms with van der Waals surface area (Å²) >= 11 is 0. The van der Waals surface area contributed by atoms with E-state index in [0.717, 1.165) is 0 Å². The Balaban J connectivity index is 3.70. The molecule has 0 amide bonds. The van der Waals surface area contributed by atoms with Gasteiger partial charge in [-0.1, -0.05) is 88.1 Å². The second-order valence-electron chi connectivity index (χ2n) is 10.9. The Morgan fingerprint density at radius 2 is 0.750 bits per heavy atom. The summed E-state index contributed by atoms with van der Waals surface area (Å²) in [5, 5.41) is 0. The van der Waals surface area contributed by atoms with Gasteiger partial charge in [-0.3, -0.25) is 0 Å². The molecule has 0 rings (SSSR count). The first-order valence-corrected chi connectivity index (χ1v) is 19.6. The van der Waals surface area contributed by atoms with Gasteiger partial charge >= 0.3 is 0 Å². The SMILES string of the molecule is C=C/C=C/CCCCCCCC[P+](C)(C)CC[P+](C)(C)CCCCCCCC/C=C/C=C. The molecule has 0 bridgehead atoms. The van der Waals surface area contributed by atoms with Crippen molar-refractivity contribution in [1.82, 2.24) is 0 Å². The van der Waals surface area contributed by atoms with E-state index in [4.69, 9.17) is 0 Å². The summed E-state index contributed by atoms with van der Waals surface area (Å²) in [5.41, 5.74) is 0. The molecule has 0 atom stereocenters. The molecular formula is C30H58P2+2. The van der Waals surface area contributed by atoms with Crippen LogP contribution < -0.4 is 0 Å². The van der Waals surface area contributed by atoms with Gasteiger partial charge in [-0.15, -0.1) is 0 Å². The highest BCUT2D eigenvalue weighted by molar-refractivity contribution is 7.78. The number of allylic oxidation sites excluding steroid dienone is 6. The van der Waals surface area contributed by atoms with Crippen LogP contribution in [0, 0.1) is 0 Å². The highest BCUT2D eigenvalue weighted by atomic mass is 31.2. The van der Waals surface area contributed by atoms with Gasteiger partial charge in [0.25, 0.3) is 0 Å². The molecule has 0 radical (unpaired) electrons. The number of hydrogen-bond acceptors (Lipinski definition) is 0. The summed E-state index contributed by atoms with van der Waals surface area (Å²) < 4.78 is 0. The van der Waals surface area contributed by atoms with Gasteiger partial charge in [0.2, 0.25) is 0 Å². The van der Waals surface area contributed by atoms with Gasteiger partial charge in [0.1, 0.15) is 0 Å². The van der Waals surface area contributed by atoms with Crippen molar-refractivity contribution in [2.75, 3.05) is 51.3 Å². The minimum Gasteiger partial charge on any atom is -0.0991 e. The van der Waals surface area contributed by atoms with E-state index in [1.165, 1.54) is 102 Å². The Bertz CT molecular complexity index is 453. The molecule has 0 spiro atoms. The Morgan fingerprint density at radius 1 is 0.438 bits per heavy atom. The maximum Gasteiger partial charge on any atom is 0.0923 e. The van der Waals surface area contributed by atoms with Crippen LogP contribution in [-0.2, 0) is 0 Å². The highest BCUT2D eigenvalue weighted by Gasteiger charge is 2.32. The van der Waals surface area contributed by atoms with Gasteiger partial charge in [0, 0.05) is 41.2 Å². The van der Waals surface area contributed by atoms with Crippen LogP contribution in [0.4, 0.5) is 0 Å². The molecule has 0 N–H and O–H groups in total. The van der Waals surface area contributed by atoms with Crippen LogP contribution in [0.15, 0.2) is 49.6 Å². The van der Waals surface area contributed by atoms with Crippen LogP contribution in [0.2, 0.25) is 0 Å². The van der Waals surface area contributed by atoms with E-state index in [-0.39, 0.29) is 0 Å². The summed E-state index contributed by atoms with van der Waals surface area (Å²) in [6, 6.07) is 0. The molecule has 0 heterocycles. The molecule has 0 aromatic carbocycles. The first-order valence-electron chi connectivity index (χ1n) is 13.5. The zero-order valence-corrected chi connectivity index (χ0v) is 24.3.